The quantitative estimate of drug-likeness (QED) is 0.269. The van der Waals surface area contributed by atoms with Crippen LogP contribution in [0.3, 0.4) is 0 Å². The zero-order valence-corrected chi connectivity index (χ0v) is 23.2. The molecular weight excluding hydrogens is 529 g/mol. The lowest BCUT2D eigenvalue weighted by atomic mass is 9.97. The summed E-state index contributed by atoms with van der Waals surface area (Å²) < 4.78 is 10.9. The molecule has 2 unspecified atom stereocenters. The van der Waals surface area contributed by atoms with Crippen LogP contribution < -0.4 is 15.4 Å². The molecule has 1 aromatic carbocycles. The molecule has 0 saturated carbocycles. The Kier molecular flexibility index (Phi) is 12.8. The van der Waals surface area contributed by atoms with Gasteiger partial charge in [0.1, 0.15) is 5.75 Å². The van der Waals surface area contributed by atoms with Crippen LogP contribution in [-0.2, 0) is 4.74 Å². The van der Waals surface area contributed by atoms with E-state index in [4.69, 9.17) is 9.47 Å². The molecule has 2 atom stereocenters. The van der Waals surface area contributed by atoms with Gasteiger partial charge < -0.3 is 25.0 Å². The van der Waals surface area contributed by atoms with Gasteiger partial charge in [0.15, 0.2) is 5.96 Å². The number of likely N-dealkylation sites (tertiary alicyclic amines) is 1. The van der Waals surface area contributed by atoms with Crippen molar-refractivity contribution in [3.63, 3.8) is 0 Å². The highest BCUT2D eigenvalue weighted by Gasteiger charge is 2.24. The summed E-state index contributed by atoms with van der Waals surface area (Å²) in [6, 6.07) is 8.69. The van der Waals surface area contributed by atoms with Gasteiger partial charge >= 0.3 is 0 Å². The van der Waals surface area contributed by atoms with E-state index in [1.807, 2.05) is 19.2 Å². The molecule has 0 bridgehead atoms. The van der Waals surface area contributed by atoms with E-state index in [0.717, 1.165) is 57.0 Å². The summed E-state index contributed by atoms with van der Waals surface area (Å²) >= 11 is 0. The minimum Gasteiger partial charge on any atom is -0.497 e. The monoisotopic (exact) mass is 573 g/mol. The van der Waals surface area contributed by atoms with Crippen LogP contribution in [0.4, 0.5) is 0 Å². The van der Waals surface area contributed by atoms with E-state index in [-0.39, 0.29) is 30.0 Å². The van der Waals surface area contributed by atoms with Crippen molar-refractivity contribution in [3.8, 4) is 5.75 Å². The summed E-state index contributed by atoms with van der Waals surface area (Å²) in [4.78, 5) is 9.61. The molecule has 8 heteroatoms. The maximum atomic E-state index is 5.59. The van der Waals surface area contributed by atoms with Crippen LogP contribution in [0.5, 0.6) is 5.75 Å². The van der Waals surface area contributed by atoms with Gasteiger partial charge in [0.2, 0.25) is 0 Å². The van der Waals surface area contributed by atoms with Crippen LogP contribution >= 0.6 is 24.0 Å². The largest absolute Gasteiger partial charge is 0.497 e. The number of hydrogen-bond donors (Lipinski definition) is 2. The molecule has 33 heavy (non-hydrogen) atoms. The summed E-state index contributed by atoms with van der Waals surface area (Å²) in [5.41, 5.74) is 1.28. The first kappa shape index (κ1) is 28.1. The fraction of sp³-hybridized carbons (Fsp3) is 0.720. The molecule has 188 valence electrons. The average Bonchev–Trinajstić information content (AvgIpc) is 2.82. The number of hydrogen-bond acceptors (Lipinski definition) is 5. The highest BCUT2D eigenvalue weighted by Crippen LogP contribution is 2.24. The zero-order chi connectivity index (χ0) is 22.8. The lowest BCUT2D eigenvalue weighted by Crippen LogP contribution is -2.48. The van der Waals surface area contributed by atoms with E-state index in [1.54, 1.807) is 7.11 Å². The first-order chi connectivity index (χ1) is 15.6. The number of ether oxygens (including phenoxy) is 2. The van der Waals surface area contributed by atoms with Gasteiger partial charge in [-0.15, -0.1) is 24.0 Å². The van der Waals surface area contributed by atoms with Crippen LogP contribution in [0, 0.1) is 11.8 Å². The first-order valence-corrected chi connectivity index (χ1v) is 12.2. The van der Waals surface area contributed by atoms with Gasteiger partial charge in [0.25, 0.3) is 0 Å². The van der Waals surface area contributed by atoms with E-state index in [1.165, 1.54) is 38.0 Å². The van der Waals surface area contributed by atoms with E-state index < -0.39 is 0 Å². The third kappa shape index (κ3) is 9.22. The Morgan fingerprint density at radius 3 is 2.52 bits per heavy atom. The van der Waals surface area contributed by atoms with Gasteiger partial charge in [-0.1, -0.05) is 26.0 Å². The number of guanidine groups is 1. The Bertz CT molecular complexity index is 695. The highest BCUT2D eigenvalue weighted by molar-refractivity contribution is 14.0. The van der Waals surface area contributed by atoms with Gasteiger partial charge in [0, 0.05) is 46.3 Å². The Morgan fingerprint density at radius 2 is 1.88 bits per heavy atom. The van der Waals surface area contributed by atoms with Crippen molar-refractivity contribution in [1.29, 1.82) is 0 Å². The Morgan fingerprint density at radius 1 is 1.15 bits per heavy atom. The Hall–Kier alpha value is -1.10. The van der Waals surface area contributed by atoms with E-state index in [2.05, 4.69) is 51.4 Å². The van der Waals surface area contributed by atoms with E-state index in [0.29, 0.717) is 5.92 Å². The maximum Gasteiger partial charge on any atom is 0.191 e. The van der Waals surface area contributed by atoms with Crippen molar-refractivity contribution in [3.05, 3.63) is 29.8 Å². The van der Waals surface area contributed by atoms with E-state index in [9.17, 15) is 0 Å². The van der Waals surface area contributed by atoms with Crippen molar-refractivity contribution in [1.82, 2.24) is 20.4 Å². The molecule has 1 aromatic rings. The number of piperidine rings is 1. The lowest BCUT2D eigenvalue weighted by molar-refractivity contribution is 0.0170. The third-order valence-electron chi connectivity index (χ3n) is 6.46. The molecule has 0 radical (unpaired) electrons. The summed E-state index contributed by atoms with van der Waals surface area (Å²) in [6.45, 7) is 13.5. The van der Waals surface area contributed by atoms with Crippen LogP contribution in [0.25, 0.3) is 0 Å². The second kappa shape index (κ2) is 15.0. The predicted octanol–water partition coefficient (Wildman–Crippen LogP) is 3.22. The maximum absolute atomic E-state index is 5.59. The predicted molar refractivity (Wildman–Crippen MR) is 147 cm³/mol. The summed E-state index contributed by atoms with van der Waals surface area (Å²) in [6.07, 6.45) is 2.59. The fourth-order valence-corrected chi connectivity index (χ4v) is 4.83. The van der Waals surface area contributed by atoms with Crippen LogP contribution in [0.2, 0.25) is 0 Å². The molecule has 0 aromatic heterocycles. The first-order valence-electron chi connectivity index (χ1n) is 12.2. The zero-order valence-electron chi connectivity index (χ0n) is 20.9. The van der Waals surface area contributed by atoms with Crippen LogP contribution in [-0.4, -0.2) is 88.9 Å². The van der Waals surface area contributed by atoms with Gasteiger partial charge in [-0.05, 0) is 48.9 Å². The van der Waals surface area contributed by atoms with Crippen molar-refractivity contribution >= 4 is 29.9 Å². The number of nitrogens with one attached hydrogen (secondary N) is 2. The third-order valence-corrected chi connectivity index (χ3v) is 6.46. The number of methoxy groups -OCH3 is 1. The molecule has 7 nitrogen and oxygen atoms in total. The summed E-state index contributed by atoms with van der Waals surface area (Å²) in [7, 11) is 3.57. The summed E-state index contributed by atoms with van der Waals surface area (Å²) in [5, 5.41) is 7.18. The standard InChI is InChI=1S/C25H43N5O2.HI/c1-20(2)18-29-11-5-6-21(19-29)16-27-25(26-3)28-17-24(30-12-14-32-15-13-30)22-7-9-23(31-4)10-8-22;/h7-10,20-21,24H,5-6,11-19H2,1-4H3,(H2,26,27,28);1H. The topological polar surface area (TPSA) is 61.4 Å². The number of rotatable bonds is 9. The number of nitrogens with zero attached hydrogens (tertiary/aromatic N) is 3. The molecule has 2 N–H and O–H groups in total. The smallest absolute Gasteiger partial charge is 0.191 e. The molecule has 0 aliphatic carbocycles. The average molecular weight is 574 g/mol. The molecule has 2 aliphatic heterocycles. The molecule has 2 saturated heterocycles. The summed E-state index contributed by atoms with van der Waals surface area (Å²) in [5.74, 6) is 3.18. The van der Waals surface area contributed by atoms with Crippen molar-refractivity contribution in [2.75, 3.05) is 73.2 Å². The molecule has 0 amide bonds. The molecule has 2 fully saturated rings. The fourth-order valence-electron chi connectivity index (χ4n) is 4.83. The molecular formula is C25H44IN5O2. The van der Waals surface area contributed by atoms with Crippen molar-refractivity contribution in [2.45, 2.75) is 32.7 Å². The number of morpholine rings is 1. The molecule has 0 spiro atoms. The molecule has 3 rings (SSSR count). The van der Waals surface area contributed by atoms with Crippen LogP contribution in [0.15, 0.2) is 29.3 Å². The Labute approximate surface area is 217 Å². The SMILES string of the molecule is CN=C(NCC1CCCN(CC(C)C)C1)NCC(c1ccc(OC)cc1)N1CCOCC1.I. The second-order valence-corrected chi connectivity index (χ2v) is 9.43. The van der Waals surface area contributed by atoms with Gasteiger partial charge in [-0.25, -0.2) is 0 Å². The highest BCUT2D eigenvalue weighted by atomic mass is 127. The second-order valence-electron chi connectivity index (χ2n) is 9.43. The number of halogens is 1. The molecule has 2 heterocycles. The minimum atomic E-state index is 0. The van der Waals surface area contributed by atoms with Crippen molar-refractivity contribution in [2.24, 2.45) is 16.8 Å². The van der Waals surface area contributed by atoms with Crippen LogP contribution in [0.1, 0.15) is 38.3 Å². The lowest BCUT2D eigenvalue weighted by Gasteiger charge is -2.36. The molecule has 2 aliphatic rings. The number of benzene rings is 1. The van der Waals surface area contributed by atoms with Gasteiger partial charge in [0.05, 0.1) is 26.4 Å². The number of aliphatic imine (C=N–C) groups is 1. The Balaban J connectivity index is 0.00000385. The van der Waals surface area contributed by atoms with E-state index >= 15 is 0 Å². The minimum absolute atomic E-state index is 0. The van der Waals surface area contributed by atoms with Crippen molar-refractivity contribution < 1.29 is 9.47 Å². The van der Waals surface area contributed by atoms with Gasteiger partial charge in [-0.3, -0.25) is 9.89 Å². The van der Waals surface area contributed by atoms with Gasteiger partial charge in [-0.2, -0.15) is 0 Å². The normalized spacial score (nSPS) is 21.4.